The molecule has 0 unspecified atom stereocenters. The maximum Gasteiger partial charge on any atom is 0.416 e. The zero-order valence-electron chi connectivity index (χ0n) is 8.11. The van der Waals surface area contributed by atoms with E-state index in [0.29, 0.717) is 10.9 Å². The molecule has 82 valence electrons. The SMILES string of the molecule is C/C(=C/c1cccc(C(F)(F)F)c1)CBr. The highest BCUT2D eigenvalue weighted by atomic mass is 79.9. The molecule has 0 spiro atoms. The van der Waals surface area contributed by atoms with Crippen LogP contribution in [0.1, 0.15) is 18.1 Å². The summed E-state index contributed by atoms with van der Waals surface area (Å²) in [5, 5.41) is 0.656. The summed E-state index contributed by atoms with van der Waals surface area (Å²) in [6, 6.07) is 5.28. The van der Waals surface area contributed by atoms with Crippen molar-refractivity contribution in [2.24, 2.45) is 0 Å². The average molecular weight is 279 g/mol. The van der Waals surface area contributed by atoms with Gasteiger partial charge in [-0.05, 0) is 24.6 Å². The third-order valence-corrected chi connectivity index (χ3v) is 2.72. The van der Waals surface area contributed by atoms with Crippen molar-refractivity contribution in [1.29, 1.82) is 0 Å². The summed E-state index contributed by atoms with van der Waals surface area (Å²) in [6.07, 6.45) is -2.55. The molecule has 1 rings (SSSR count). The molecule has 15 heavy (non-hydrogen) atoms. The molecule has 0 nitrogen and oxygen atoms in total. The van der Waals surface area contributed by atoms with Crippen LogP contribution in [-0.4, -0.2) is 5.33 Å². The van der Waals surface area contributed by atoms with Crippen molar-refractivity contribution in [1.82, 2.24) is 0 Å². The van der Waals surface area contributed by atoms with E-state index >= 15 is 0 Å². The van der Waals surface area contributed by atoms with Crippen LogP contribution in [0.15, 0.2) is 29.8 Å². The Labute approximate surface area is 94.9 Å². The first-order chi connectivity index (χ1) is 6.93. The number of allylic oxidation sites excluding steroid dienone is 1. The number of rotatable bonds is 2. The van der Waals surface area contributed by atoms with E-state index in [4.69, 9.17) is 0 Å². The average Bonchev–Trinajstić information content (AvgIpc) is 2.17. The Hall–Kier alpha value is -0.770. The van der Waals surface area contributed by atoms with Gasteiger partial charge in [-0.1, -0.05) is 39.7 Å². The lowest BCUT2D eigenvalue weighted by atomic mass is 10.1. The van der Waals surface area contributed by atoms with Gasteiger partial charge in [-0.15, -0.1) is 0 Å². The molecule has 1 aromatic rings. The summed E-state index contributed by atoms with van der Waals surface area (Å²) >= 11 is 3.24. The molecule has 4 heteroatoms. The second kappa shape index (κ2) is 4.84. The lowest BCUT2D eigenvalue weighted by Crippen LogP contribution is -2.04. The van der Waals surface area contributed by atoms with Crippen molar-refractivity contribution in [3.63, 3.8) is 0 Å². The molecule has 0 atom stereocenters. The molecule has 0 aromatic heterocycles. The summed E-state index contributed by atoms with van der Waals surface area (Å²) < 4.78 is 37.1. The van der Waals surface area contributed by atoms with Crippen LogP contribution in [0.5, 0.6) is 0 Å². The third kappa shape index (κ3) is 3.70. The fourth-order valence-electron chi connectivity index (χ4n) is 1.13. The summed E-state index contributed by atoms with van der Waals surface area (Å²) in [5.41, 5.74) is 0.940. The Morgan fingerprint density at radius 2 is 2.07 bits per heavy atom. The molecule has 0 fully saturated rings. The summed E-state index contributed by atoms with van der Waals surface area (Å²) in [6.45, 7) is 1.86. The van der Waals surface area contributed by atoms with E-state index < -0.39 is 11.7 Å². The molecular weight excluding hydrogens is 269 g/mol. The van der Waals surface area contributed by atoms with E-state index in [2.05, 4.69) is 15.9 Å². The maximum atomic E-state index is 12.4. The molecule has 0 radical (unpaired) electrons. The van der Waals surface area contributed by atoms with Gasteiger partial charge in [0, 0.05) is 5.33 Å². The monoisotopic (exact) mass is 278 g/mol. The summed E-state index contributed by atoms with van der Waals surface area (Å²) in [7, 11) is 0. The lowest BCUT2D eigenvalue weighted by Gasteiger charge is -2.07. The number of halogens is 4. The lowest BCUT2D eigenvalue weighted by molar-refractivity contribution is -0.137. The minimum atomic E-state index is -4.27. The Morgan fingerprint density at radius 3 is 2.60 bits per heavy atom. The van der Waals surface area contributed by atoms with Gasteiger partial charge in [-0.2, -0.15) is 13.2 Å². The largest absolute Gasteiger partial charge is 0.416 e. The highest BCUT2D eigenvalue weighted by Crippen LogP contribution is 2.29. The van der Waals surface area contributed by atoms with Gasteiger partial charge < -0.3 is 0 Å². The molecule has 0 aliphatic carbocycles. The predicted molar refractivity (Wildman–Crippen MR) is 58.9 cm³/mol. The van der Waals surface area contributed by atoms with Crippen LogP contribution >= 0.6 is 15.9 Å². The Balaban J connectivity index is 3.04. The predicted octanol–water partition coefficient (Wildman–Crippen LogP) is 4.50. The first kappa shape index (κ1) is 12.3. The Bertz CT molecular complexity index is 366. The van der Waals surface area contributed by atoms with Crippen LogP contribution in [0.3, 0.4) is 0 Å². The van der Waals surface area contributed by atoms with E-state index in [1.165, 1.54) is 6.07 Å². The molecule has 0 N–H and O–H groups in total. The van der Waals surface area contributed by atoms with Gasteiger partial charge in [0.2, 0.25) is 0 Å². The van der Waals surface area contributed by atoms with E-state index in [1.54, 1.807) is 12.1 Å². The number of hydrogen-bond acceptors (Lipinski definition) is 0. The molecule has 0 heterocycles. The zero-order chi connectivity index (χ0) is 11.5. The quantitative estimate of drug-likeness (QED) is 0.699. The Kier molecular flexibility index (Phi) is 3.97. The van der Waals surface area contributed by atoms with Gasteiger partial charge in [-0.25, -0.2) is 0 Å². The molecule has 1 aromatic carbocycles. The van der Waals surface area contributed by atoms with Crippen molar-refractivity contribution >= 4 is 22.0 Å². The van der Waals surface area contributed by atoms with Crippen LogP contribution in [0.4, 0.5) is 13.2 Å². The first-order valence-electron chi connectivity index (χ1n) is 4.34. The van der Waals surface area contributed by atoms with Crippen LogP contribution in [0, 0.1) is 0 Å². The normalized spacial score (nSPS) is 13.0. The second-order valence-electron chi connectivity index (χ2n) is 3.25. The zero-order valence-corrected chi connectivity index (χ0v) is 9.69. The van der Waals surface area contributed by atoms with E-state index in [1.807, 2.05) is 6.92 Å². The summed E-state index contributed by atoms with van der Waals surface area (Å²) in [4.78, 5) is 0. The van der Waals surface area contributed by atoms with Crippen molar-refractivity contribution in [2.75, 3.05) is 5.33 Å². The van der Waals surface area contributed by atoms with E-state index in [0.717, 1.165) is 17.7 Å². The van der Waals surface area contributed by atoms with Crippen LogP contribution in [0.25, 0.3) is 6.08 Å². The van der Waals surface area contributed by atoms with Gasteiger partial charge in [0.1, 0.15) is 0 Å². The third-order valence-electron chi connectivity index (χ3n) is 1.84. The topological polar surface area (TPSA) is 0 Å². The molecule has 0 saturated carbocycles. The van der Waals surface area contributed by atoms with Crippen LogP contribution in [0.2, 0.25) is 0 Å². The van der Waals surface area contributed by atoms with Crippen LogP contribution < -0.4 is 0 Å². The standard InChI is InChI=1S/C11H10BrF3/c1-8(7-12)5-9-3-2-4-10(6-9)11(13,14)15/h2-6H,7H2,1H3/b8-5-. The smallest absolute Gasteiger partial charge is 0.166 e. The van der Waals surface area contributed by atoms with Crippen molar-refractivity contribution in [3.8, 4) is 0 Å². The van der Waals surface area contributed by atoms with Gasteiger partial charge >= 0.3 is 6.18 Å². The molecule has 0 amide bonds. The van der Waals surface area contributed by atoms with Crippen LogP contribution in [-0.2, 0) is 6.18 Å². The van der Waals surface area contributed by atoms with Gasteiger partial charge in [0.05, 0.1) is 5.56 Å². The fourth-order valence-corrected chi connectivity index (χ4v) is 1.29. The van der Waals surface area contributed by atoms with Crippen molar-refractivity contribution in [2.45, 2.75) is 13.1 Å². The highest BCUT2D eigenvalue weighted by molar-refractivity contribution is 9.09. The number of hydrogen-bond donors (Lipinski definition) is 0. The minimum Gasteiger partial charge on any atom is -0.166 e. The molecule has 0 saturated heterocycles. The fraction of sp³-hybridized carbons (Fsp3) is 0.273. The molecule has 0 aliphatic heterocycles. The minimum absolute atomic E-state index is 0.571. The number of benzene rings is 1. The molecule has 0 bridgehead atoms. The maximum absolute atomic E-state index is 12.4. The van der Waals surface area contributed by atoms with E-state index in [9.17, 15) is 13.2 Å². The number of alkyl halides is 4. The van der Waals surface area contributed by atoms with Crippen molar-refractivity contribution < 1.29 is 13.2 Å². The summed E-state index contributed by atoms with van der Waals surface area (Å²) in [5.74, 6) is 0. The van der Waals surface area contributed by atoms with Gasteiger partial charge in [-0.3, -0.25) is 0 Å². The van der Waals surface area contributed by atoms with E-state index in [-0.39, 0.29) is 0 Å². The van der Waals surface area contributed by atoms with Gasteiger partial charge in [0.25, 0.3) is 0 Å². The van der Waals surface area contributed by atoms with Gasteiger partial charge in [0.15, 0.2) is 0 Å². The molecular formula is C11H10BrF3. The van der Waals surface area contributed by atoms with Crippen molar-refractivity contribution in [3.05, 3.63) is 41.0 Å². The second-order valence-corrected chi connectivity index (χ2v) is 3.81. The highest BCUT2D eigenvalue weighted by Gasteiger charge is 2.30. The molecule has 0 aliphatic rings. The Morgan fingerprint density at radius 1 is 1.40 bits per heavy atom. The first-order valence-corrected chi connectivity index (χ1v) is 5.46.